The summed E-state index contributed by atoms with van der Waals surface area (Å²) in [7, 11) is 0. The summed E-state index contributed by atoms with van der Waals surface area (Å²) in [6.45, 7) is 7.24. The first kappa shape index (κ1) is 24.3. The highest BCUT2D eigenvalue weighted by molar-refractivity contribution is 7.12. The van der Waals surface area contributed by atoms with Gasteiger partial charge in [0.2, 0.25) is 0 Å². The predicted octanol–water partition coefficient (Wildman–Crippen LogP) is 5.92. The molecule has 0 radical (unpaired) electrons. The molecule has 180 valence electrons. The zero-order valence-electron chi connectivity index (χ0n) is 19.2. The number of thiophene rings is 1. The van der Waals surface area contributed by atoms with Gasteiger partial charge in [-0.2, -0.15) is 13.2 Å². The molecule has 1 aliphatic heterocycles. The van der Waals surface area contributed by atoms with Crippen LogP contribution in [0.25, 0.3) is 0 Å². The van der Waals surface area contributed by atoms with E-state index in [0.29, 0.717) is 49.8 Å². The quantitative estimate of drug-likeness (QED) is 0.432. The lowest BCUT2D eigenvalue weighted by molar-refractivity contribution is -0.137. The number of benzene rings is 2. The molecule has 2 aromatic carbocycles. The highest BCUT2D eigenvalue weighted by Gasteiger charge is 2.30. The molecule has 3 aromatic rings. The monoisotopic (exact) mass is 488 g/mol. The molecule has 1 amide bonds. The Hall–Kier alpha value is -2.84. The maximum absolute atomic E-state index is 13.0. The summed E-state index contributed by atoms with van der Waals surface area (Å²) in [5.41, 5.74) is 3.23. The molecule has 0 N–H and O–H groups in total. The number of ether oxygens (including phenoxy) is 1. The van der Waals surface area contributed by atoms with Crippen LogP contribution in [0.3, 0.4) is 0 Å². The molecule has 1 saturated heterocycles. The minimum atomic E-state index is -4.34. The molecule has 1 aliphatic rings. The van der Waals surface area contributed by atoms with Gasteiger partial charge < -0.3 is 9.64 Å². The fraction of sp³-hybridized carbons (Fsp3) is 0.346. The van der Waals surface area contributed by atoms with Crippen molar-refractivity contribution in [2.75, 3.05) is 26.2 Å². The van der Waals surface area contributed by atoms with Gasteiger partial charge in [0.25, 0.3) is 5.91 Å². The van der Waals surface area contributed by atoms with Crippen molar-refractivity contribution in [1.82, 2.24) is 9.80 Å². The summed E-state index contributed by atoms with van der Waals surface area (Å²) in [4.78, 5) is 17.5. The minimum absolute atomic E-state index is 0.0123. The van der Waals surface area contributed by atoms with Gasteiger partial charge in [0.05, 0.1) is 10.4 Å². The van der Waals surface area contributed by atoms with Crippen molar-refractivity contribution >= 4 is 17.2 Å². The van der Waals surface area contributed by atoms with Gasteiger partial charge in [-0.25, -0.2) is 0 Å². The lowest BCUT2D eigenvalue weighted by Crippen LogP contribution is -2.48. The van der Waals surface area contributed by atoms with Crippen LogP contribution in [0.15, 0.2) is 53.9 Å². The van der Waals surface area contributed by atoms with Gasteiger partial charge in [0.1, 0.15) is 12.4 Å². The van der Waals surface area contributed by atoms with Crippen molar-refractivity contribution in [2.24, 2.45) is 0 Å². The van der Waals surface area contributed by atoms with Gasteiger partial charge in [0, 0.05) is 38.3 Å². The van der Waals surface area contributed by atoms with Crippen molar-refractivity contribution in [2.45, 2.75) is 33.2 Å². The topological polar surface area (TPSA) is 32.8 Å². The van der Waals surface area contributed by atoms with Gasteiger partial charge in [-0.05, 0) is 54.1 Å². The Balaban J connectivity index is 1.29. The van der Waals surface area contributed by atoms with E-state index in [9.17, 15) is 18.0 Å². The van der Waals surface area contributed by atoms with Gasteiger partial charge in [0.15, 0.2) is 0 Å². The molecule has 1 aromatic heterocycles. The van der Waals surface area contributed by atoms with E-state index in [1.807, 2.05) is 48.4 Å². The fourth-order valence-electron chi connectivity index (χ4n) is 3.97. The summed E-state index contributed by atoms with van der Waals surface area (Å²) < 4.78 is 44.8. The lowest BCUT2D eigenvalue weighted by atomic mass is 10.1. The van der Waals surface area contributed by atoms with Crippen molar-refractivity contribution in [3.8, 4) is 5.75 Å². The maximum Gasteiger partial charge on any atom is 0.416 e. The van der Waals surface area contributed by atoms with E-state index in [0.717, 1.165) is 22.9 Å². The Bertz CT molecular complexity index is 1150. The van der Waals surface area contributed by atoms with Crippen LogP contribution >= 0.6 is 11.3 Å². The molecular weight excluding hydrogens is 461 g/mol. The molecule has 2 heterocycles. The van der Waals surface area contributed by atoms with Crippen molar-refractivity contribution in [3.05, 3.63) is 86.6 Å². The van der Waals surface area contributed by atoms with E-state index in [-0.39, 0.29) is 5.91 Å². The summed E-state index contributed by atoms with van der Waals surface area (Å²) in [6.07, 6.45) is -4.34. The number of aryl methyl sites for hydroxylation is 1. The molecule has 1 fully saturated rings. The van der Waals surface area contributed by atoms with Crippen LogP contribution < -0.4 is 4.74 Å². The molecule has 0 bridgehead atoms. The number of carbonyl (C=O) groups is 1. The first-order valence-corrected chi connectivity index (χ1v) is 12.0. The van der Waals surface area contributed by atoms with Gasteiger partial charge in [-0.3, -0.25) is 9.69 Å². The molecule has 0 atom stereocenters. The summed E-state index contributed by atoms with van der Waals surface area (Å²) in [5, 5.41) is 1.95. The maximum atomic E-state index is 13.0. The smallest absolute Gasteiger partial charge is 0.416 e. The molecule has 34 heavy (non-hydrogen) atoms. The van der Waals surface area contributed by atoms with E-state index < -0.39 is 11.7 Å². The lowest BCUT2D eigenvalue weighted by Gasteiger charge is -2.34. The third-order valence-corrected chi connectivity index (χ3v) is 7.10. The second-order valence-corrected chi connectivity index (χ2v) is 9.48. The van der Waals surface area contributed by atoms with E-state index >= 15 is 0 Å². The average molecular weight is 489 g/mol. The van der Waals surface area contributed by atoms with Crippen LogP contribution in [0.1, 0.15) is 37.5 Å². The zero-order chi connectivity index (χ0) is 24.3. The highest BCUT2D eigenvalue weighted by atomic mass is 32.1. The van der Waals surface area contributed by atoms with E-state index in [1.165, 1.54) is 29.0 Å². The van der Waals surface area contributed by atoms with Gasteiger partial charge >= 0.3 is 6.18 Å². The first-order valence-electron chi connectivity index (χ1n) is 11.1. The molecule has 0 saturated carbocycles. The average Bonchev–Trinajstić information content (AvgIpc) is 3.29. The highest BCUT2D eigenvalue weighted by Crippen LogP contribution is 2.30. The standard InChI is InChI=1S/C26H27F3N2O2S/c1-18-5-3-8-23(19(18)2)33-16-21-14-24(34-17-21)25(32)31-11-9-30(10-12-31)15-20-6-4-7-22(13-20)26(27,28)29/h3-8,13-14,17H,9-12,15-16H2,1-2H3. The number of carbonyl (C=O) groups excluding carboxylic acids is 1. The second kappa shape index (κ2) is 10.2. The van der Waals surface area contributed by atoms with Crippen LogP contribution in [-0.2, 0) is 19.3 Å². The number of hydrogen-bond donors (Lipinski definition) is 0. The second-order valence-electron chi connectivity index (χ2n) is 8.57. The van der Waals surface area contributed by atoms with Crippen molar-refractivity contribution in [3.63, 3.8) is 0 Å². The van der Waals surface area contributed by atoms with Crippen LogP contribution in [-0.4, -0.2) is 41.9 Å². The number of halogens is 3. The molecular formula is C26H27F3N2O2S. The Kier molecular flexibility index (Phi) is 7.28. The summed E-state index contributed by atoms with van der Waals surface area (Å²) >= 11 is 1.41. The molecule has 4 nitrogen and oxygen atoms in total. The largest absolute Gasteiger partial charge is 0.489 e. The number of alkyl halides is 3. The number of amides is 1. The SMILES string of the molecule is Cc1cccc(OCc2csc(C(=O)N3CCN(Cc4cccc(C(F)(F)F)c4)CC3)c2)c1C. The van der Waals surface area contributed by atoms with Gasteiger partial charge in [-0.1, -0.05) is 30.3 Å². The summed E-state index contributed by atoms with van der Waals surface area (Å²) in [5.74, 6) is 0.831. The molecule has 0 spiro atoms. The molecule has 4 rings (SSSR count). The fourth-order valence-corrected chi connectivity index (χ4v) is 4.84. The Morgan fingerprint density at radius 3 is 2.47 bits per heavy atom. The van der Waals surface area contributed by atoms with E-state index in [4.69, 9.17) is 4.74 Å². The zero-order valence-corrected chi connectivity index (χ0v) is 20.0. The van der Waals surface area contributed by atoms with Crippen LogP contribution in [0.4, 0.5) is 13.2 Å². The van der Waals surface area contributed by atoms with Gasteiger partial charge in [-0.15, -0.1) is 11.3 Å². The third kappa shape index (κ3) is 5.80. The first-order chi connectivity index (χ1) is 16.2. The van der Waals surface area contributed by atoms with Crippen LogP contribution in [0.2, 0.25) is 0 Å². The normalized spacial score (nSPS) is 14.9. The Morgan fingerprint density at radius 1 is 1.00 bits per heavy atom. The Labute approximate surface area is 201 Å². The minimum Gasteiger partial charge on any atom is -0.489 e. The van der Waals surface area contributed by atoms with Crippen molar-refractivity contribution in [1.29, 1.82) is 0 Å². The van der Waals surface area contributed by atoms with E-state index in [1.54, 1.807) is 6.07 Å². The number of piperazine rings is 1. The van der Waals surface area contributed by atoms with Crippen molar-refractivity contribution < 1.29 is 22.7 Å². The van der Waals surface area contributed by atoms with Crippen LogP contribution in [0.5, 0.6) is 5.75 Å². The Morgan fingerprint density at radius 2 is 1.74 bits per heavy atom. The van der Waals surface area contributed by atoms with E-state index in [2.05, 4.69) is 4.90 Å². The molecule has 0 aliphatic carbocycles. The third-order valence-electron chi connectivity index (χ3n) is 6.13. The predicted molar refractivity (Wildman–Crippen MR) is 127 cm³/mol. The number of rotatable bonds is 6. The molecule has 8 heteroatoms. The number of hydrogen-bond acceptors (Lipinski definition) is 4. The molecule has 0 unspecified atom stereocenters. The van der Waals surface area contributed by atoms with Crippen LogP contribution in [0, 0.1) is 13.8 Å². The summed E-state index contributed by atoms with van der Waals surface area (Å²) in [6, 6.07) is 13.3. The number of nitrogens with zero attached hydrogens (tertiary/aromatic N) is 2.